The molecule has 0 fully saturated rings. The Kier molecular flexibility index (Phi) is 4.52. The average Bonchev–Trinajstić information content (AvgIpc) is 2.43. The van der Waals surface area contributed by atoms with E-state index in [2.05, 4.69) is 15.3 Å². The number of rotatable bonds is 5. The maximum absolute atomic E-state index is 13.4. The second-order valence-electron chi connectivity index (χ2n) is 3.82. The summed E-state index contributed by atoms with van der Waals surface area (Å²) in [7, 11) is 1.48. The molecule has 1 heterocycles. The highest BCUT2D eigenvalue weighted by molar-refractivity contribution is 6.32. The lowest BCUT2D eigenvalue weighted by molar-refractivity contribution is 0.380. The van der Waals surface area contributed by atoms with E-state index in [0.29, 0.717) is 29.4 Å². The lowest BCUT2D eigenvalue weighted by Gasteiger charge is -2.08. The van der Waals surface area contributed by atoms with Crippen LogP contribution in [0.3, 0.4) is 0 Å². The first-order valence-corrected chi connectivity index (χ1v) is 6.12. The van der Waals surface area contributed by atoms with E-state index in [9.17, 15) is 4.39 Å². The van der Waals surface area contributed by atoms with E-state index >= 15 is 0 Å². The number of nitrogens with zero attached hydrogens (tertiary/aromatic N) is 2. The molecule has 0 radical (unpaired) electrons. The SMILES string of the molecule is COc1ncc(Cl)c(NCCc2ccccc2F)n1. The van der Waals surface area contributed by atoms with Gasteiger partial charge in [0.1, 0.15) is 10.8 Å². The van der Waals surface area contributed by atoms with Gasteiger partial charge in [0.25, 0.3) is 0 Å². The molecule has 0 aliphatic carbocycles. The van der Waals surface area contributed by atoms with Crippen LogP contribution in [-0.2, 0) is 6.42 Å². The Morgan fingerprint density at radius 2 is 2.16 bits per heavy atom. The monoisotopic (exact) mass is 281 g/mol. The number of halogens is 2. The highest BCUT2D eigenvalue weighted by atomic mass is 35.5. The zero-order chi connectivity index (χ0) is 13.7. The smallest absolute Gasteiger partial charge is 0.318 e. The third kappa shape index (κ3) is 3.54. The van der Waals surface area contributed by atoms with Gasteiger partial charge < -0.3 is 10.1 Å². The van der Waals surface area contributed by atoms with Crippen LogP contribution in [0.2, 0.25) is 5.02 Å². The van der Waals surface area contributed by atoms with Gasteiger partial charge in [0.05, 0.1) is 13.3 Å². The van der Waals surface area contributed by atoms with Gasteiger partial charge >= 0.3 is 6.01 Å². The van der Waals surface area contributed by atoms with Crippen LogP contribution in [0.25, 0.3) is 0 Å². The predicted molar refractivity (Wildman–Crippen MR) is 72.2 cm³/mol. The lowest BCUT2D eigenvalue weighted by atomic mass is 10.1. The summed E-state index contributed by atoms with van der Waals surface area (Å²) >= 11 is 5.95. The van der Waals surface area contributed by atoms with Gasteiger partial charge in [-0.05, 0) is 18.1 Å². The van der Waals surface area contributed by atoms with Gasteiger partial charge in [-0.1, -0.05) is 29.8 Å². The van der Waals surface area contributed by atoms with Crippen molar-refractivity contribution < 1.29 is 9.13 Å². The molecule has 0 saturated heterocycles. The molecule has 0 aliphatic rings. The maximum atomic E-state index is 13.4. The van der Waals surface area contributed by atoms with Crippen molar-refractivity contribution in [2.75, 3.05) is 19.0 Å². The number of ether oxygens (including phenoxy) is 1. The Bertz CT molecular complexity index is 565. The summed E-state index contributed by atoms with van der Waals surface area (Å²) in [5.74, 6) is 0.264. The molecule has 0 amide bonds. The van der Waals surface area contributed by atoms with E-state index in [1.165, 1.54) is 19.4 Å². The van der Waals surface area contributed by atoms with Crippen LogP contribution in [0.5, 0.6) is 6.01 Å². The normalized spacial score (nSPS) is 10.3. The second kappa shape index (κ2) is 6.33. The first-order valence-electron chi connectivity index (χ1n) is 5.74. The average molecular weight is 282 g/mol. The molecule has 2 aromatic rings. The molecule has 4 nitrogen and oxygen atoms in total. The molecule has 0 aliphatic heterocycles. The summed E-state index contributed by atoms with van der Waals surface area (Å²) in [6, 6.07) is 6.89. The third-order valence-corrected chi connectivity index (χ3v) is 2.83. The van der Waals surface area contributed by atoms with Gasteiger partial charge in [-0.2, -0.15) is 4.98 Å². The summed E-state index contributed by atoms with van der Waals surface area (Å²) in [4.78, 5) is 7.95. The van der Waals surface area contributed by atoms with E-state index in [-0.39, 0.29) is 11.8 Å². The summed E-state index contributed by atoms with van der Waals surface area (Å²) < 4.78 is 18.3. The van der Waals surface area contributed by atoms with E-state index in [1.54, 1.807) is 18.2 Å². The third-order valence-electron chi connectivity index (χ3n) is 2.55. The summed E-state index contributed by atoms with van der Waals surface area (Å²) in [6.07, 6.45) is 1.99. The maximum Gasteiger partial charge on any atom is 0.318 e. The van der Waals surface area contributed by atoms with Crippen LogP contribution < -0.4 is 10.1 Å². The zero-order valence-corrected chi connectivity index (χ0v) is 11.1. The minimum atomic E-state index is -0.212. The van der Waals surface area contributed by atoms with Crippen LogP contribution in [0, 0.1) is 5.82 Å². The molecular weight excluding hydrogens is 269 g/mol. The molecule has 19 heavy (non-hydrogen) atoms. The zero-order valence-electron chi connectivity index (χ0n) is 10.4. The van der Waals surface area contributed by atoms with E-state index in [1.807, 2.05) is 0 Å². The fourth-order valence-corrected chi connectivity index (χ4v) is 1.75. The Hall–Kier alpha value is -1.88. The minimum Gasteiger partial charge on any atom is -0.467 e. The molecule has 0 bridgehead atoms. The summed E-state index contributed by atoms with van der Waals surface area (Å²) in [5.41, 5.74) is 0.646. The number of anilines is 1. The van der Waals surface area contributed by atoms with Crippen molar-refractivity contribution in [2.45, 2.75) is 6.42 Å². The van der Waals surface area contributed by atoms with Crippen molar-refractivity contribution in [3.8, 4) is 6.01 Å². The molecule has 2 rings (SSSR count). The highest BCUT2D eigenvalue weighted by Gasteiger charge is 2.06. The summed E-state index contributed by atoms with van der Waals surface area (Å²) in [5, 5.41) is 3.43. The quantitative estimate of drug-likeness (QED) is 0.915. The fraction of sp³-hybridized carbons (Fsp3) is 0.231. The van der Waals surface area contributed by atoms with Crippen LogP contribution >= 0.6 is 11.6 Å². The molecule has 6 heteroatoms. The van der Waals surface area contributed by atoms with Crippen LogP contribution in [-0.4, -0.2) is 23.6 Å². The standard InChI is InChI=1S/C13H13ClFN3O/c1-19-13-17-8-10(14)12(18-13)16-7-6-9-4-2-3-5-11(9)15/h2-5,8H,6-7H2,1H3,(H,16,17,18). The van der Waals surface area contributed by atoms with Crippen molar-refractivity contribution in [1.82, 2.24) is 9.97 Å². The van der Waals surface area contributed by atoms with Gasteiger partial charge in [-0.25, -0.2) is 9.37 Å². The van der Waals surface area contributed by atoms with E-state index in [0.717, 1.165) is 0 Å². The van der Waals surface area contributed by atoms with Crippen molar-refractivity contribution in [1.29, 1.82) is 0 Å². The first-order chi connectivity index (χ1) is 9.20. The van der Waals surface area contributed by atoms with E-state index in [4.69, 9.17) is 16.3 Å². The van der Waals surface area contributed by atoms with Gasteiger partial charge in [0.15, 0.2) is 5.82 Å². The van der Waals surface area contributed by atoms with Crippen LogP contribution in [0.15, 0.2) is 30.5 Å². The van der Waals surface area contributed by atoms with Crippen LogP contribution in [0.1, 0.15) is 5.56 Å². The fourth-order valence-electron chi connectivity index (χ4n) is 1.59. The highest BCUT2D eigenvalue weighted by Crippen LogP contribution is 2.20. The van der Waals surface area contributed by atoms with Gasteiger partial charge in [-0.15, -0.1) is 0 Å². The van der Waals surface area contributed by atoms with Gasteiger partial charge in [0, 0.05) is 6.54 Å². The Labute approximate surface area is 115 Å². The number of hydrogen-bond acceptors (Lipinski definition) is 4. The largest absolute Gasteiger partial charge is 0.467 e. The number of nitrogens with one attached hydrogen (secondary N) is 1. The molecule has 1 N–H and O–H groups in total. The summed E-state index contributed by atoms with van der Waals surface area (Å²) in [6.45, 7) is 0.515. The molecule has 1 aromatic heterocycles. The minimum absolute atomic E-state index is 0.212. The van der Waals surface area contributed by atoms with Crippen molar-refractivity contribution in [3.63, 3.8) is 0 Å². The molecule has 0 atom stereocenters. The van der Waals surface area contributed by atoms with Crippen molar-refractivity contribution in [3.05, 3.63) is 46.9 Å². The molecule has 0 spiro atoms. The molecular formula is C13H13ClFN3O. The Morgan fingerprint density at radius 3 is 2.89 bits per heavy atom. The van der Waals surface area contributed by atoms with Crippen molar-refractivity contribution >= 4 is 17.4 Å². The molecule has 100 valence electrons. The van der Waals surface area contributed by atoms with Crippen LogP contribution in [0.4, 0.5) is 10.2 Å². The second-order valence-corrected chi connectivity index (χ2v) is 4.23. The number of hydrogen-bond donors (Lipinski definition) is 1. The Balaban J connectivity index is 1.98. The number of aromatic nitrogens is 2. The number of methoxy groups -OCH3 is 1. The van der Waals surface area contributed by atoms with Gasteiger partial charge in [-0.3, -0.25) is 0 Å². The first kappa shape index (κ1) is 13.5. The number of benzene rings is 1. The Morgan fingerprint density at radius 1 is 1.37 bits per heavy atom. The molecule has 1 aromatic carbocycles. The lowest BCUT2D eigenvalue weighted by Crippen LogP contribution is -2.08. The molecule has 0 saturated carbocycles. The van der Waals surface area contributed by atoms with E-state index < -0.39 is 0 Å². The molecule has 0 unspecified atom stereocenters. The topological polar surface area (TPSA) is 47.0 Å². The van der Waals surface area contributed by atoms with Crippen molar-refractivity contribution in [2.24, 2.45) is 0 Å². The predicted octanol–water partition coefficient (Wildman–Crippen LogP) is 2.93. The van der Waals surface area contributed by atoms with Gasteiger partial charge in [0.2, 0.25) is 0 Å².